The average molecular weight is 289 g/mol. The van der Waals surface area contributed by atoms with Crippen molar-refractivity contribution in [1.29, 1.82) is 0 Å². The SMILES string of the molecule is FC(F)C(c1cccc(Br)c1)C1CCCC1. The van der Waals surface area contributed by atoms with Crippen molar-refractivity contribution in [3.8, 4) is 0 Å². The van der Waals surface area contributed by atoms with E-state index in [1.54, 1.807) is 0 Å². The highest BCUT2D eigenvalue weighted by Gasteiger charge is 2.33. The van der Waals surface area contributed by atoms with Crippen molar-refractivity contribution in [2.75, 3.05) is 0 Å². The van der Waals surface area contributed by atoms with E-state index in [0.29, 0.717) is 0 Å². The van der Waals surface area contributed by atoms with Crippen LogP contribution in [-0.4, -0.2) is 6.43 Å². The van der Waals surface area contributed by atoms with Crippen LogP contribution in [0.25, 0.3) is 0 Å². The Morgan fingerprint density at radius 3 is 2.44 bits per heavy atom. The van der Waals surface area contributed by atoms with E-state index in [9.17, 15) is 8.78 Å². The number of hydrogen-bond acceptors (Lipinski definition) is 0. The van der Waals surface area contributed by atoms with Gasteiger partial charge in [0.05, 0.1) is 0 Å². The van der Waals surface area contributed by atoms with Crippen LogP contribution in [0.15, 0.2) is 28.7 Å². The molecule has 1 fully saturated rings. The average Bonchev–Trinajstić information content (AvgIpc) is 2.71. The van der Waals surface area contributed by atoms with Gasteiger partial charge in [-0.25, -0.2) is 8.78 Å². The molecule has 2 rings (SSSR count). The van der Waals surface area contributed by atoms with Crippen LogP contribution in [0.2, 0.25) is 0 Å². The number of rotatable bonds is 3. The predicted molar refractivity (Wildman–Crippen MR) is 64.8 cm³/mol. The monoisotopic (exact) mass is 288 g/mol. The fraction of sp³-hybridized carbons (Fsp3) is 0.538. The quantitative estimate of drug-likeness (QED) is 0.735. The van der Waals surface area contributed by atoms with Crippen molar-refractivity contribution in [1.82, 2.24) is 0 Å². The van der Waals surface area contributed by atoms with Gasteiger partial charge in [0.1, 0.15) is 0 Å². The highest BCUT2D eigenvalue weighted by atomic mass is 79.9. The van der Waals surface area contributed by atoms with Crippen molar-refractivity contribution in [2.45, 2.75) is 38.0 Å². The number of hydrogen-bond donors (Lipinski definition) is 0. The summed E-state index contributed by atoms with van der Waals surface area (Å²) in [5.74, 6) is -0.422. The summed E-state index contributed by atoms with van der Waals surface area (Å²) < 4.78 is 27.2. The summed E-state index contributed by atoms with van der Waals surface area (Å²) in [6, 6.07) is 7.36. The van der Waals surface area contributed by atoms with Crippen LogP contribution in [0.1, 0.15) is 37.2 Å². The molecule has 1 unspecified atom stereocenters. The maximum atomic E-state index is 13.2. The van der Waals surface area contributed by atoms with Crippen LogP contribution in [0.4, 0.5) is 8.78 Å². The second kappa shape index (κ2) is 5.26. The zero-order chi connectivity index (χ0) is 11.5. The second-order valence-electron chi connectivity index (χ2n) is 4.46. The van der Waals surface area contributed by atoms with E-state index in [-0.39, 0.29) is 5.92 Å². The van der Waals surface area contributed by atoms with Gasteiger partial charge in [-0.05, 0) is 36.5 Å². The number of halogens is 3. The van der Waals surface area contributed by atoms with Gasteiger partial charge in [-0.2, -0.15) is 0 Å². The first-order valence-corrected chi connectivity index (χ1v) is 6.51. The Labute approximate surface area is 103 Å². The van der Waals surface area contributed by atoms with Gasteiger partial charge in [0, 0.05) is 10.4 Å². The fourth-order valence-corrected chi connectivity index (χ4v) is 3.07. The molecule has 1 aliphatic carbocycles. The first-order valence-electron chi connectivity index (χ1n) is 5.72. The summed E-state index contributed by atoms with van der Waals surface area (Å²) in [7, 11) is 0. The number of alkyl halides is 2. The minimum Gasteiger partial charge on any atom is -0.210 e. The van der Waals surface area contributed by atoms with Gasteiger partial charge in [-0.1, -0.05) is 40.9 Å². The standard InChI is InChI=1S/C13H15BrF2/c14-11-7-3-6-10(8-11)12(13(15)16)9-4-1-2-5-9/h3,6-9,12-13H,1-2,4-5H2. The molecule has 1 saturated carbocycles. The highest BCUT2D eigenvalue weighted by molar-refractivity contribution is 9.10. The Hall–Kier alpha value is -0.440. The van der Waals surface area contributed by atoms with Crippen molar-refractivity contribution in [2.24, 2.45) is 5.92 Å². The normalized spacial score (nSPS) is 19.2. The lowest BCUT2D eigenvalue weighted by Crippen LogP contribution is -2.17. The van der Waals surface area contributed by atoms with Crippen molar-refractivity contribution in [3.05, 3.63) is 34.3 Å². The first-order chi connectivity index (χ1) is 7.68. The molecule has 16 heavy (non-hydrogen) atoms. The highest BCUT2D eigenvalue weighted by Crippen LogP contribution is 2.41. The van der Waals surface area contributed by atoms with Gasteiger partial charge < -0.3 is 0 Å². The molecule has 1 aromatic rings. The van der Waals surface area contributed by atoms with Gasteiger partial charge in [0.15, 0.2) is 0 Å². The lowest BCUT2D eigenvalue weighted by Gasteiger charge is -2.23. The third-order valence-electron chi connectivity index (χ3n) is 3.41. The van der Waals surface area contributed by atoms with Gasteiger partial charge in [0.2, 0.25) is 6.43 Å². The molecule has 0 radical (unpaired) electrons. The van der Waals surface area contributed by atoms with Crippen LogP contribution in [0.5, 0.6) is 0 Å². The van der Waals surface area contributed by atoms with E-state index in [2.05, 4.69) is 15.9 Å². The minimum atomic E-state index is -2.25. The van der Waals surface area contributed by atoms with Gasteiger partial charge >= 0.3 is 0 Å². The van der Waals surface area contributed by atoms with Crippen LogP contribution in [0.3, 0.4) is 0 Å². The Kier molecular flexibility index (Phi) is 3.95. The molecule has 1 atom stereocenters. The summed E-state index contributed by atoms with van der Waals surface area (Å²) in [6.07, 6.45) is 1.84. The fourth-order valence-electron chi connectivity index (χ4n) is 2.65. The molecule has 0 bridgehead atoms. The Bertz CT molecular complexity index is 346. The molecule has 88 valence electrons. The zero-order valence-electron chi connectivity index (χ0n) is 9.00. The maximum Gasteiger partial charge on any atom is 0.245 e. The molecule has 0 aromatic heterocycles. The second-order valence-corrected chi connectivity index (χ2v) is 5.38. The van der Waals surface area contributed by atoms with Crippen LogP contribution in [-0.2, 0) is 0 Å². The molecule has 0 spiro atoms. The van der Waals surface area contributed by atoms with Gasteiger partial charge in [-0.15, -0.1) is 0 Å². The van der Waals surface area contributed by atoms with Crippen molar-refractivity contribution >= 4 is 15.9 Å². The predicted octanol–water partition coefficient (Wildman–Crippen LogP) is 4.99. The Morgan fingerprint density at radius 1 is 1.19 bits per heavy atom. The smallest absolute Gasteiger partial charge is 0.210 e. The lowest BCUT2D eigenvalue weighted by molar-refractivity contribution is 0.0867. The summed E-state index contributed by atoms with van der Waals surface area (Å²) in [6.45, 7) is 0. The molecule has 0 amide bonds. The van der Waals surface area contributed by atoms with E-state index in [1.165, 1.54) is 0 Å². The molecule has 0 aliphatic heterocycles. The Balaban J connectivity index is 2.24. The molecule has 0 nitrogen and oxygen atoms in total. The van der Waals surface area contributed by atoms with Gasteiger partial charge in [0.25, 0.3) is 0 Å². The minimum absolute atomic E-state index is 0.161. The van der Waals surface area contributed by atoms with E-state index in [0.717, 1.165) is 35.7 Å². The third kappa shape index (κ3) is 2.62. The summed E-state index contributed by atoms with van der Waals surface area (Å²) >= 11 is 3.34. The van der Waals surface area contributed by atoms with E-state index < -0.39 is 12.3 Å². The Morgan fingerprint density at radius 2 is 1.88 bits per heavy atom. The molecule has 3 heteroatoms. The summed E-state index contributed by atoms with van der Waals surface area (Å²) in [5, 5.41) is 0. The van der Waals surface area contributed by atoms with Gasteiger partial charge in [-0.3, -0.25) is 0 Å². The van der Waals surface area contributed by atoms with Crippen LogP contribution in [0, 0.1) is 5.92 Å². The molecule has 0 N–H and O–H groups in total. The molecular weight excluding hydrogens is 274 g/mol. The molecule has 1 aromatic carbocycles. The van der Waals surface area contributed by atoms with E-state index in [4.69, 9.17) is 0 Å². The zero-order valence-corrected chi connectivity index (χ0v) is 10.6. The van der Waals surface area contributed by atoms with E-state index in [1.807, 2.05) is 24.3 Å². The molecular formula is C13H15BrF2. The largest absolute Gasteiger partial charge is 0.245 e. The molecule has 0 heterocycles. The van der Waals surface area contributed by atoms with Crippen molar-refractivity contribution < 1.29 is 8.78 Å². The number of benzene rings is 1. The molecule has 0 saturated heterocycles. The van der Waals surface area contributed by atoms with Crippen LogP contribution >= 0.6 is 15.9 Å². The topological polar surface area (TPSA) is 0 Å². The first kappa shape index (κ1) is 12.0. The lowest BCUT2D eigenvalue weighted by atomic mass is 9.85. The van der Waals surface area contributed by atoms with Crippen molar-refractivity contribution in [3.63, 3.8) is 0 Å². The van der Waals surface area contributed by atoms with E-state index >= 15 is 0 Å². The summed E-state index contributed by atoms with van der Waals surface area (Å²) in [4.78, 5) is 0. The maximum absolute atomic E-state index is 13.2. The third-order valence-corrected chi connectivity index (χ3v) is 3.91. The van der Waals surface area contributed by atoms with Crippen LogP contribution < -0.4 is 0 Å². The molecule has 1 aliphatic rings. The summed E-state index contributed by atoms with van der Waals surface area (Å²) in [5.41, 5.74) is 0.774.